The zero-order chi connectivity index (χ0) is 31.0. The highest BCUT2D eigenvalue weighted by molar-refractivity contribution is 5.98. The van der Waals surface area contributed by atoms with Crippen molar-refractivity contribution in [1.82, 2.24) is 10.3 Å². The molecule has 3 rings (SSSR count). The van der Waals surface area contributed by atoms with Crippen molar-refractivity contribution < 1.29 is 55.3 Å². The molecule has 42 heavy (non-hydrogen) atoms. The Kier molecular flexibility index (Phi) is 10.4. The van der Waals surface area contributed by atoms with Gasteiger partial charge in [-0.15, -0.1) is 0 Å². The lowest BCUT2D eigenvalue weighted by molar-refractivity contribution is -0.186. The standard InChI is InChI=1S/C28H25F5N2O7/c1-15(22(17-4-8-19(29)9-5-17)18-6-10-20(30)11-7-18)42-27(38)25(28(31,32)33)35-26(37)23-24(41-14-40-16(2)36)21(39-3)12-13-34-23/h4-13,15,22,25H,14H2,1-3H3,(H,35,37)/t15-,25?/m0/s1. The Bertz CT molecular complexity index is 1350. The van der Waals surface area contributed by atoms with Gasteiger partial charge in [-0.05, 0) is 42.3 Å². The molecule has 0 spiro atoms. The summed E-state index contributed by atoms with van der Waals surface area (Å²) in [6.45, 7) is 1.66. The number of pyridine rings is 1. The summed E-state index contributed by atoms with van der Waals surface area (Å²) >= 11 is 0. The van der Waals surface area contributed by atoms with E-state index in [9.17, 15) is 36.3 Å². The molecule has 0 aliphatic heterocycles. The third-order valence-electron chi connectivity index (χ3n) is 5.84. The van der Waals surface area contributed by atoms with Crippen LogP contribution in [0.3, 0.4) is 0 Å². The second-order valence-electron chi connectivity index (χ2n) is 8.76. The molecule has 1 N–H and O–H groups in total. The summed E-state index contributed by atoms with van der Waals surface area (Å²) in [5.74, 6) is -6.74. The predicted octanol–water partition coefficient (Wildman–Crippen LogP) is 4.69. The highest BCUT2D eigenvalue weighted by Gasteiger charge is 2.48. The number of nitrogens with zero attached hydrogens (tertiary/aromatic N) is 1. The van der Waals surface area contributed by atoms with Gasteiger partial charge in [0.2, 0.25) is 12.8 Å². The van der Waals surface area contributed by atoms with E-state index in [4.69, 9.17) is 14.2 Å². The van der Waals surface area contributed by atoms with Gasteiger partial charge in [-0.1, -0.05) is 24.3 Å². The van der Waals surface area contributed by atoms with Gasteiger partial charge in [0.15, 0.2) is 17.2 Å². The molecular weight excluding hydrogens is 571 g/mol. The number of carbonyl (C=O) groups excluding carboxylic acids is 3. The quantitative estimate of drug-likeness (QED) is 0.193. The molecule has 0 bridgehead atoms. The molecule has 3 aromatic rings. The van der Waals surface area contributed by atoms with Crippen LogP contribution in [0.15, 0.2) is 60.8 Å². The number of amides is 1. The van der Waals surface area contributed by atoms with Crippen LogP contribution >= 0.6 is 0 Å². The predicted molar refractivity (Wildman–Crippen MR) is 136 cm³/mol. The van der Waals surface area contributed by atoms with Crippen LogP contribution in [0.5, 0.6) is 11.5 Å². The smallest absolute Gasteiger partial charge is 0.419 e. The topological polar surface area (TPSA) is 113 Å². The molecule has 0 aliphatic rings. The largest absolute Gasteiger partial charge is 0.493 e. The van der Waals surface area contributed by atoms with Gasteiger partial charge in [0, 0.05) is 25.1 Å². The molecule has 1 heterocycles. The summed E-state index contributed by atoms with van der Waals surface area (Å²) in [7, 11) is 1.19. The van der Waals surface area contributed by atoms with E-state index in [1.54, 1.807) is 5.32 Å². The number of alkyl halides is 3. The average Bonchev–Trinajstić information content (AvgIpc) is 2.93. The first-order valence-corrected chi connectivity index (χ1v) is 12.2. The van der Waals surface area contributed by atoms with Gasteiger partial charge in [0.1, 0.15) is 17.7 Å². The summed E-state index contributed by atoms with van der Waals surface area (Å²) < 4.78 is 89.3. The second kappa shape index (κ2) is 13.7. The number of hydrogen-bond acceptors (Lipinski definition) is 8. The number of methoxy groups -OCH3 is 1. The lowest BCUT2D eigenvalue weighted by atomic mass is 9.87. The number of aromatic nitrogens is 1. The summed E-state index contributed by atoms with van der Waals surface area (Å²) in [5, 5.41) is 1.56. The fraction of sp³-hybridized carbons (Fsp3) is 0.286. The average molecular weight is 597 g/mol. The lowest BCUT2D eigenvalue weighted by Gasteiger charge is -2.28. The molecule has 1 aromatic heterocycles. The van der Waals surface area contributed by atoms with Crippen LogP contribution in [-0.4, -0.2) is 55.1 Å². The minimum Gasteiger partial charge on any atom is -0.493 e. The van der Waals surface area contributed by atoms with Crippen LogP contribution in [0, 0.1) is 11.6 Å². The summed E-state index contributed by atoms with van der Waals surface area (Å²) in [6, 6.07) is 7.94. The number of hydrogen-bond donors (Lipinski definition) is 1. The van der Waals surface area contributed by atoms with Crippen molar-refractivity contribution in [3.8, 4) is 11.5 Å². The normalized spacial score (nSPS) is 12.7. The van der Waals surface area contributed by atoms with E-state index >= 15 is 0 Å². The summed E-state index contributed by atoms with van der Waals surface area (Å²) in [6.07, 6.45) is -5.57. The zero-order valence-corrected chi connectivity index (χ0v) is 22.4. The minimum atomic E-state index is -5.31. The maximum absolute atomic E-state index is 14.0. The van der Waals surface area contributed by atoms with Gasteiger partial charge in [-0.2, -0.15) is 13.2 Å². The first kappa shape index (κ1) is 31.8. The van der Waals surface area contributed by atoms with Crippen molar-refractivity contribution in [3.63, 3.8) is 0 Å². The van der Waals surface area contributed by atoms with E-state index < -0.39 is 72.0 Å². The fourth-order valence-corrected chi connectivity index (χ4v) is 3.93. The third-order valence-corrected chi connectivity index (χ3v) is 5.84. The molecule has 1 unspecified atom stereocenters. The van der Waals surface area contributed by atoms with Crippen molar-refractivity contribution in [1.29, 1.82) is 0 Å². The van der Waals surface area contributed by atoms with E-state index in [-0.39, 0.29) is 5.75 Å². The number of ether oxygens (including phenoxy) is 4. The number of esters is 2. The van der Waals surface area contributed by atoms with Gasteiger partial charge in [0.25, 0.3) is 5.91 Å². The van der Waals surface area contributed by atoms with Gasteiger partial charge in [0.05, 0.1) is 7.11 Å². The number of nitrogens with one attached hydrogen (secondary N) is 1. The van der Waals surface area contributed by atoms with E-state index in [0.29, 0.717) is 11.1 Å². The first-order valence-electron chi connectivity index (χ1n) is 12.2. The van der Waals surface area contributed by atoms with Crippen LogP contribution in [0.25, 0.3) is 0 Å². The number of carbonyl (C=O) groups is 3. The number of benzene rings is 2. The van der Waals surface area contributed by atoms with Crippen molar-refractivity contribution in [2.75, 3.05) is 13.9 Å². The maximum atomic E-state index is 14.0. The molecule has 2 atom stereocenters. The van der Waals surface area contributed by atoms with Crippen molar-refractivity contribution in [2.24, 2.45) is 0 Å². The third kappa shape index (κ3) is 8.15. The minimum absolute atomic E-state index is 0.122. The number of halogens is 5. The molecule has 14 heteroatoms. The van der Waals surface area contributed by atoms with Crippen LogP contribution in [0.2, 0.25) is 0 Å². The van der Waals surface area contributed by atoms with Crippen LogP contribution < -0.4 is 14.8 Å². The lowest BCUT2D eigenvalue weighted by Crippen LogP contribution is -2.52. The van der Waals surface area contributed by atoms with Crippen LogP contribution in [-0.2, 0) is 19.1 Å². The molecule has 9 nitrogen and oxygen atoms in total. The Morgan fingerprint density at radius 3 is 1.95 bits per heavy atom. The molecule has 0 saturated carbocycles. The molecule has 0 aliphatic carbocycles. The second-order valence-corrected chi connectivity index (χ2v) is 8.76. The summed E-state index contributed by atoms with van der Waals surface area (Å²) in [4.78, 5) is 40.6. The van der Waals surface area contributed by atoms with Crippen molar-refractivity contribution in [2.45, 2.75) is 38.1 Å². The monoisotopic (exact) mass is 596 g/mol. The van der Waals surface area contributed by atoms with Gasteiger partial charge >= 0.3 is 18.1 Å². The van der Waals surface area contributed by atoms with Gasteiger partial charge in [-0.25, -0.2) is 18.6 Å². The first-order chi connectivity index (χ1) is 19.8. The van der Waals surface area contributed by atoms with Crippen molar-refractivity contribution in [3.05, 3.63) is 89.2 Å². The zero-order valence-electron chi connectivity index (χ0n) is 22.4. The highest BCUT2D eigenvalue weighted by Crippen LogP contribution is 2.33. The van der Waals surface area contributed by atoms with E-state index in [2.05, 4.69) is 9.72 Å². The molecule has 224 valence electrons. The highest BCUT2D eigenvalue weighted by atomic mass is 19.4. The Labute approximate surface area is 236 Å². The van der Waals surface area contributed by atoms with Gasteiger partial charge < -0.3 is 24.3 Å². The Morgan fingerprint density at radius 1 is 0.929 bits per heavy atom. The molecule has 0 radical (unpaired) electrons. The molecule has 0 fully saturated rings. The summed E-state index contributed by atoms with van der Waals surface area (Å²) in [5.41, 5.74) is 0.0317. The molecule has 1 amide bonds. The van der Waals surface area contributed by atoms with Crippen LogP contribution in [0.1, 0.15) is 41.4 Å². The molecule has 0 saturated heterocycles. The molecule has 2 aromatic carbocycles. The SMILES string of the molecule is COc1ccnc(C(=O)NC(C(=O)O[C@@H](C)C(c2ccc(F)cc2)c2ccc(F)cc2)C(F)(F)F)c1OCOC(C)=O. The maximum Gasteiger partial charge on any atom is 0.419 e. The Hall–Kier alpha value is -4.75. The van der Waals surface area contributed by atoms with E-state index in [1.165, 1.54) is 44.4 Å². The molecular formula is C28H25F5N2O7. The Balaban J connectivity index is 1.88. The van der Waals surface area contributed by atoms with E-state index in [0.717, 1.165) is 37.4 Å². The number of rotatable bonds is 11. The van der Waals surface area contributed by atoms with Gasteiger partial charge in [-0.3, -0.25) is 9.59 Å². The fourth-order valence-electron chi connectivity index (χ4n) is 3.93. The van der Waals surface area contributed by atoms with Crippen LogP contribution in [0.4, 0.5) is 22.0 Å². The van der Waals surface area contributed by atoms with E-state index in [1.807, 2.05) is 0 Å². The van der Waals surface area contributed by atoms with Crippen molar-refractivity contribution >= 4 is 17.8 Å². The Morgan fingerprint density at radius 2 is 1.48 bits per heavy atom.